The number of carbonyl (C=O) groups is 1. The molecule has 3 aromatic carbocycles. The maximum absolute atomic E-state index is 12.5. The predicted octanol–water partition coefficient (Wildman–Crippen LogP) is 4.47. The first-order valence-electron chi connectivity index (χ1n) is 10.3. The Morgan fingerprint density at radius 2 is 1.65 bits per heavy atom. The minimum absolute atomic E-state index is 0.231. The molecule has 0 bridgehead atoms. The Balaban J connectivity index is 1.67. The number of rotatable bonds is 8. The second-order valence-corrected chi connectivity index (χ2v) is 7.97. The van der Waals surface area contributed by atoms with E-state index in [-0.39, 0.29) is 5.91 Å². The minimum atomic E-state index is -0.231. The molecule has 0 fully saturated rings. The molecule has 0 unspecified atom stereocenters. The second-order valence-electron chi connectivity index (χ2n) is 7.97. The maximum Gasteiger partial charge on any atom is 0.255 e. The SMILES string of the molecule is CN(C)CCN(C)Cc1ccc(-c2cccc(NC(=O)c3cccc(C#N)c3)c2)cc1. The molecule has 0 atom stereocenters. The van der Waals surface area contributed by atoms with Crippen molar-refractivity contribution in [2.45, 2.75) is 6.54 Å². The fourth-order valence-electron chi connectivity index (χ4n) is 3.27. The summed E-state index contributed by atoms with van der Waals surface area (Å²) in [6.07, 6.45) is 0. The van der Waals surface area contributed by atoms with Crippen molar-refractivity contribution in [2.75, 3.05) is 39.5 Å². The highest BCUT2D eigenvalue weighted by molar-refractivity contribution is 6.04. The van der Waals surface area contributed by atoms with E-state index in [1.54, 1.807) is 24.3 Å². The average Bonchev–Trinajstić information content (AvgIpc) is 2.78. The monoisotopic (exact) mass is 412 g/mol. The van der Waals surface area contributed by atoms with Crippen LogP contribution in [-0.2, 0) is 6.54 Å². The van der Waals surface area contributed by atoms with Crippen LogP contribution in [0.2, 0.25) is 0 Å². The summed E-state index contributed by atoms with van der Waals surface area (Å²) in [7, 11) is 6.31. The molecule has 0 saturated heterocycles. The predicted molar refractivity (Wildman–Crippen MR) is 126 cm³/mol. The Morgan fingerprint density at radius 3 is 2.35 bits per heavy atom. The molecule has 1 N–H and O–H groups in total. The van der Waals surface area contributed by atoms with Crippen LogP contribution < -0.4 is 5.32 Å². The quantitative estimate of drug-likeness (QED) is 0.593. The van der Waals surface area contributed by atoms with E-state index < -0.39 is 0 Å². The van der Waals surface area contributed by atoms with Crippen LogP contribution in [0, 0.1) is 11.3 Å². The number of nitrogens with zero attached hydrogens (tertiary/aromatic N) is 3. The summed E-state index contributed by atoms with van der Waals surface area (Å²) in [4.78, 5) is 17.0. The molecule has 5 heteroatoms. The van der Waals surface area contributed by atoms with Crippen LogP contribution in [0.1, 0.15) is 21.5 Å². The molecular formula is C26H28N4O. The normalized spacial score (nSPS) is 10.8. The molecule has 0 radical (unpaired) electrons. The molecule has 158 valence electrons. The van der Waals surface area contributed by atoms with Crippen LogP contribution in [0.15, 0.2) is 72.8 Å². The first-order chi connectivity index (χ1) is 14.9. The smallest absolute Gasteiger partial charge is 0.255 e. The molecule has 0 aliphatic heterocycles. The van der Waals surface area contributed by atoms with E-state index >= 15 is 0 Å². The lowest BCUT2D eigenvalue weighted by molar-refractivity contribution is 0.102. The lowest BCUT2D eigenvalue weighted by Crippen LogP contribution is -2.28. The molecule has 0 aromatic heterocycles. The van der Waals surface area contributed by atoms with Gasteiger partial charge in [-0.2, -0.15) is 5.26 Å². The van der Waals surface area contributed by atoms with Gasteiger partial charge in [-0.3, -0.25) is 4.79 Å². The third-order valence-electron chi connectivity index (χ3n) is 5.04. The first kappa shape index (κ1) is 22.2. The van der Waals surface area contributed by atoms with Gasteiger partial charge in [0.1, 0.15) is 0 Å². The third kappa shape index (κ3) is 6.51. The summed E-state index contributed by atoms with van der Waals surface area (Å²) in [6, 6.07) is 25.1. The van der Waals surface area contributed by atoms with Crippen molar-refractivity contribution in [3.63, 3.8) is 0 Å². The first-order valence-corrected chi connectivity index (χ1v) is 10.3. The number of carbonyl (C=O) groups excluding carboxylic acids is 1. The van der Waals surface area contributed by atoms with E-state index in [9.17, 15) is 4.79 Å². The zero-order valence-corrected chi connectivity index (χ0v) is 18.3. The molecule has 3 rings (SSSR count). The van der Waals surface area contributed by atoms with Crippen molar-refractivity contribution in [1.82, 2.24) is 9.80 Å². The van der Waals surface area contributed by atoms with Gasteiger partial charge in [-0.05, 0) is 68.2 Å². The summed E-state index contributed by atoms with van der Waals surface area (Å²) in [5.41, 5.74) is 5.06. The van der Waals surface area contributed by atoms with E-state index in [2.05, 4.69) is 66.6 Å². The van der Waals surface area contributed by atoms with E-state index in [4.69, 9.17) is 5.26 Å². The summed E-state index contributed by atoms with van der Waals surface area (Å²) in [6.45, 7) is 2.97. The Bertz CT molecular complexity index is 1070. The highest BCUT2D eigenvalue weighted by atomic mass is 16.1. The molecule has 1 amide bonds. The van der Waals surface area contributed by atoms with Crippen LogP contribution in [0.4, 0.5) is 5.69 Å². The topological polar surface area (TPSA) is 59.4 Å². The number of benzene rings is 3. The van der Waals surface area contributed by atoms with Gasteiger partial charge in [0.25, 0.3) is 5.91 Å². The number of hydrogen-bond acceptors (Lipinski definition) is 4. The Morgan fingerprint density at radius 1 is 0.903 bits per heavy atom. The van der Waals surface area contributed by atoms with Gasteiger partial charge in [0, 0.05) is 30.9 Å². The average molecular weight is 413 g/mol. The van der Waals surface area contributed by atoms with Gasteiger partial charge < -0.3 is 15.1 Å². The number of anilines is 1. The standard InChI is InChI=1S/C26H28N4O/c1-29(2)14-15-30(3)19-20-10-12-22(13-11-20)23-7-5-9-25(17-23)28-26(31)24-8-4-6-21(16-24)18-27/h4-13,16-17H,14-15,19H2,1-3H3,(H,28,31). The lowest BCUT2D eigenvalue weighted by atomic mass is 10.0. The molecule has 3 aromatic rings. The third-order valence-corrected chi connectivity index (χ3v) is 5.04. The van der Waals surface area contributed by atoms with E-state index in [1.165, 1.54) is 5.56 Å². The number of likely N-dealkylation sites (N-methyl/N-ethyl adjacent to an activating group) is 2. The fraction of sp³-hybridized carbons (Fsp3) is 0.231. The summed E-state index contributed by atoms with van der Waals surface area (Å²) in [5, 5.41) is 11.9. The summed E-state index contributed by atoms with van der Waals surface area (Å²) in [5.74, 6) is -0.231. The van der Waals surface area contributed by atoms with Crippen molar-refractivity contribution < 1.29 is 4.79 Å². The molecular weight excluding hydrogens is 384 g/mol. The van der Waals surface area contributed by atoms with Crippen LogP contribution in [-0.4, -0.2) is 49.9 Å². The summed E-state index contributed by atoms with van der Waals surface area (Å²) >= 11 is 0. The zero-order chi connectivity index (χ0) is 22.2. The molecule has 5 nitrogen and oxygen atoms in total. The number of nitrogens with one attached hydrogen (secondary N) is 1. The van der Waals surface area contributed by atoms with Gasteiger partial charge in [0.05, 0.1) is 11.6 Å². The minimum Gasteiger partial charge on any atom is -0.322 e. The van der Waals surface area contributed by atoms with Gasteiger partial charge in [-0.15, -0.1) is 0 Å². The lowest BCUT2D eigenvalue weighted by Gasteiger charge is -2.19. The fourth-order valence-corrected chi connectivity index (χ4v) is 3.27. The van der Waals surface area contributed by atoms with Crippen molar-refractivity contribution in [1.29, 1.82) is 5.26 Å². The van der Waals surface area contributed by atoms with Crippen molar-refractivity contribution >= 4 is 11.6 Å². The van der Waals surface area contributed by atoms with Crippen molar-refractivity contribution in [2.24, 2.45) is 0 Å². The maximum atomic E-state index is 12.5. The van der Waals surface area contributed by atoms with E-state index in [0.29, 0.717) is 11.1 Å². The van der Waals surface area contributed by atoms with E-state index in [0.717, 1.165) is 36.4 Å². The zero-order valence-electron chi connectivity index (χ0n) is 18.3. The van der Waals surface area contributed by atoms with Gasteiger partial charge in [0.2, 0.25) is 0 Å². The van der Waals surface area contributed by atoms with Crippen LogP contribution in [0.25, 0.3) is 11.1 Å². The Hall–Kier alpha value is -3.46. The molecule has 0 heterocycles. The second kappa shape index (κ2) is 10.5. The highest BCUT2D eigenvalue weighted by Crippen LogP contribution is 2.24. The number of nitriles is 1. The Kier molecular flexibility index (Phi) is 7.55. The Labute approximate surface area is 184 Å². The van der Waals surface area contributed by atoms with E-state index in [1.807, 2.05) is 24.3 Å². The van der Waals surface area contributed by atoms with Crippen molar-refractivity contribution in [3.8, 4) is 17.2 Å². The summed E-state index contributed by atoms with van der Waals surface area (Å²) < 4.78 is 0. The number of hydrogen-bond donors (Lipinski definition) is 1. The highest BCUT2D eigenvalue weighted by Gasteiger charge is 2.08. The van der Waals surface area contributed by atoms with Gasteiger partial charge in [-0.1, -0.05) is 42.5 Å². The molecule has 31 heavy (non-hydrogen) atoms. The molecule has 0 saturated carbocycles. The van der Waals surface area contributed by atoms with Gasteiger partial charge in [0.15, 0.2) is 0 Å². The number of amides is 1. The molecule has 0 aliphatic carbocycles. The van der Waals surface area contributed by atoms with Crippen molar-refractivity contribution in [3.05, 3.63) is 89.5 Å². The molecule has 0 spiro atoms. The van der Waals surface area contributed by atoms with Gasteiger partial charge in [-0.25, -0.2) is 0 Å². The van der Waals surface area contributed by atoms with Gasteiger partial charge >= 0.3 is 0 Å². The van der Waals surface area contributed by atoms with Crippen LogP contribution >= 0.6 is 0 Å². The van der Waals surface area contributed by atoms with Crippen LogP contribution in [0.5, 0.6) is 0 Å². The largest absolute Gasteiger partial charge is 0.322 e. The van der Waals surface area contributed by atoms with Crippen LogP contribution in [0.3, 0.4) is 0 Å². The molecule has 0 aliphatic rings.